The Morgan fingerprint density at radius 2 is 1.61 bits per heavy atom. The molecular formula is C24H17F2NO3S. The van der Waals surface area contributed by atoms with Gasteiger partial charge in [0.05, 0.1) is 11.4 Å². The van der Waals surface area contributed by atoms with E-state index in [2.05, 4.69) is 0 Å². The number of hydrogen-bond acceptors (Lipinski definition) is 4. The summed E-state index contributed by atoms with van der Waals surface area (Å²) in [5, 5.41) is -0.370. The van der Waals surface area contributed by atoms with Crippen molar-refractivity contribution in [2.24, 2.45) is 0 Å². The van der Waals surface area contributed by atoms with Gasteiger partial charge in [0.25, 0.3) is 11.1 Å². The van der Waals surface area contributed by atoms with Gasteiger partial charge in [-0.25, -0.2) is 8.78 Å². The second-order valence-corrected chi connectivity index (χ2v) is 7.84. The highest BCUT2D eigenvalue weighted by atomic mass is 32.2. The Hall–Kier alpha value is -3.45. The van der Waals surface area contributed by atoms with Crippen LogP contribution in [0.5, 0.6) is 5.75 Å². The van der Waals surface area contributed by atoms with E-state index in [0.717, 1.165) is 22.2 Å². The van der Waals surface area contributed by atoms with Crippen LogP contribution in [-0.2, 0) is 17.9 Å². The zero-order valence-electron chi connectivity index (χ0n) is 16.3. The third kappa shape index (κ3) is 5.00. The Morgan fingerprint density at radius 1 is 0.903 bits per heavy atom. The first-order valence-corrected chi connectivity index (χ1v) is 10.3. The number of carbonyl (C=O) groups is 2. The van der Waals surface area contributed by atoms with Crippen LogP contribution in [0.4, 0.5) is 13.6 Å². The predicted molar refractivity (Wildman–Crippen MR) is 115 cm³/mol. The average Bonchev–Trinajstić information content (AvgIpc) is 3.03. The van der Waals surface area contributed by atoms with Crippen molar-refractivity contribution in [1.82, 2.24) is 4.90 Å². The smallest absolute Gasteiger partial charge is 0.293 e. The van der Waals surface area contributed by atoms with Gasteiger partial charge < -0.3 is 4.74 Å². The molecule has 4 nitrogen and oxygen atoms in total. The molecule has 0 unspecified atom stereocenters. The van der Waals surface area contributed by atoms with E-state index >= 15 is 0 Å². The van der Waals surface area contributed by atoms with Gasteiger partial charge in [0.2, 0.25) is 0 Å². The van der Waals surface area contributed by atoms with Gasteiger partial charge in [0.15, 0.2) is 0 Å². The Labute approximate surface area is 182 Å². The van der Waals surface area contributed by atoms with Crippen LogP contribution < -0.4 is 4.74 Å². The summed E-state index contributed by atoms with van der Waals surface area (Å²) in [6, 6.07) is 19.0. The molecule has 3 aromatic carbocycles. The minimum Gasteiger partial charge on any atom is -0.489 e. The molecule has 0 atom stereocenters. The number of halogens is 2. The Balaban J connectivity index is 1.41. The first-order valence-electron chi connectivity index (χ1n) is 9.46. The zero-order chi connectivity index (χ0) is 21.8. The van der Waals surface area contributed by atoms with Crippen LogP contribution in [0, 0.1) is 11.6 Å². The largest absolute Gasteiger partial charge is 0.489 e. The van der Waals surface area contributed by atoms with E-state index in [1.807, 2.05) is 0 Å². The van der Waals surface area contributed by atoms with E-state index in [0.29, 0.717) is 21.8 Å². The molecule has 1 aliphatic heterocycles. The van der Waals surface area contributed by atoms with Crippen molar-refractivity contribution in [2.75, 3.05) is 0 Å². The molecular weight excluding hydrogens is 420 g/mol. The number of nitrogens with zero attached hydrogens (tertiary/aromatic N) is 1. The van der Waals surface area contributed by atoms with Crippen LogP contribution in [0.2, 0.25) is 0 Å². The summed E-state index contributed by atoms with van der Waals surface area (Å²) in [4.78, 5) is 26.3. The van der Waals surface area contributed by atoms with Crippen molar-refractivity contribution in [3.63, 3.8) is 0 Å². The number of carbonyl (C=O) groups excluding carboxylic acids is 2. The molecule has 1 saturated heterocycles. The summed E-state index contributed by atoms with van der Waals surface area (Å²) in [6.07, 6.45) is 1.64. The molecule has 156 valence electrons. The lowest BCUT2D eigenvalue weighted by Crippen LogP contribution is -2.27. The minimum absolute atomic E-state index is 0.0884. The molecule has 4 rings (SSSR count). The molecule has 1 heterocycles. The fourth-order valence-corrected chi connectivity index (χ4v) is 3.84. The molecule has 0 radical (unpaired) electrons. The third-order valence-corrected chi connectivity index (χ3v) is 5.56. The molecule has 2 amide bonds. The van der Waals surface area contributed by atoms with Gasteiger partial charge in [0.1, 0.15) is 24.0 Å². The normalized spacial score (nSPS) is 15.0. The van der Waals surface area contributed by atoms with Gasteiger partial charge in [-0.1, -0.05) is 42.5 Å². The number of rotatable bonds is 6. The lowest BCUT2D eigenvalue weighted by Gasteiger charge is -2.12. The monoisotopic (exact) mass is 437 g/mol. The maximum Gasteiger partial charge on any atom is 0.293 e. The maximum absolute atomic E-state index is 13.7. The lowest BCUT2D eigenvalue weighted by molar-refractivity contribution is -0.123. The van der Waals surface area contributed by atoms with Crippen molar-refractivity contribution in [2.45, 2.75) is 13.2 Å². The van der Waals surface area contributed by atoms with Crippen LogP contribution >= 0.6 is 11.8 Å². The zero-order valence-corrected chi connectivity index (χ0v) is 17.1. The molecule has 0 saturated carbocycles. The fourth-order valence-electron chi connectivity index (χ4n) is 3.00. The van der Waals surface area contributed by atoms with Gasteiger partial charge in [-0.3, -0.25) is 14.5 Å². The van der Waals surface area contributed by atoms with E-state index in [9.17, 15) is 18.4 Å². The topological polar surface area (TPSA) is 46.6 Å². The molecule has 31 heavy (non-hydrogen) atoms. The summed E-state index contributed by atoms with van der Waals surface area (Å²) < 4.78 is 32.3. The molecule has 0 spiro atoms. The highest BCUT2D eigenvalue weighted by Crippen LogP contribution is 2.33. The summed E-state index contributed by atoms with van der Waals surface area (Å²) in [6.45, 7) is 0.194. The SMILES string of the molecule is O=C1S/C(=C\c2ccc(OCc3ccccc3F)cc2)C(=O)N1Cc1ccc(F)cc1. The van der Waals surface area contributed by atoms with Gasteiger partial charge in [-0.15, -0.1) is 0 Å². The highest BCUT2D eigenvalue weighted by molar-refractivity contribution is 8.18. The summed E-state index contributed by atoms with van der Waals surface area (Å²) in [7, 11) is 0. The maximum atomic E-state index is 13.7. The molecule has 1 aliphatic rings. The third-order valence-electron chi connectivity index (χ3n) is 4.66. The van der Waals surface area contributed by atoms with E-state index in [1.165, 1.54) is 18.2 Å². The van der Waals surface area contributed by atoms with Crippen molar-refractivity contribution >= 4 is 29.0 Å². The highest BCUT2D eigenvalue weighted by Gasteiger charge is 2.34. The molecule has 0 aromatic heterocycles. The number of thioether (sulfide) groups is 1. The van der Waals surface area contributed by atoms with Gasteiger partial charge >= 0.3 is 0 Å². The minimum atomic E-state index is -0.390. The van der Waals surface area contributed by atoms with E-state index in [4.69, 9.17) is 4.74 Å². The number of benzene rings is 3. The first kappa shape index (κ1) is 20.8. The molecule has 3 aromatic rings. The Bertz CT molecular complexity index is 1140. The summed E-state index contributed by atoms with van der Waals surface area (Å²) in [5.41, 5.74) is 1.85. The van der Waals surface area contributed by atoms with Crippen molar-refractivity contribution in [3.8, 4) is 5.75 Å². The van der Waals surface area contributed by atoms with Crippen molar-refractivity contribution in [1.29, 1.82) is 0 Å². The second-order valence-electron chi connectivity index (χ2n) is 6.84. The Kier molecular flexibility index (Phi) is 6.13. The fraction of sp³-hybridized carbons (Fsp3) is 0.0833. The number of hydrogen-bond donors (Lipinski definition) is 0. The lowest BCUT2D eigenvalue weighted by atomic mass is 10.2. The van der Waals surface area contributed by atoms with E-state index < -0.39 is 0 Å². The summed E-state index contributed by atoms with van der Waals surface area (Å²) >= 11 is 0.864. The van der Waals surface area contributed by atoms with Crippen molar-refractivity contribution in [3.05, 3.63) is 106 Å². The summed E-state index contributed by atoms with van der Waals surface area (Å²) in [5.74, 6) is -0.529. The molecule has 0 aliphatic carbocycles. The number of ether oxygens (including phenoxy) is 1. The molecule has 0 bridgehead atoms. The molecule has 0 N–H and O–H groups in total. The van der Waals surface area contributed by atoms with E-state index in [-0.39, 0.29) is 35.9 Å². The first-order chi connectivity index (χ1) is 15.0. The van der Waals surface area contributed by atoms with Gasteiger partial charge in [-0.2, -0.15) is 0 Å². The molecule has 1 fully saturated rings. The predicted octanol–water partition coefficient (Wildman–Crippen LogP) is 5.78. The quantitative estimate of drug-likeness (QED) is 0.459. The Morgan fingerprint density at radius 3 is 2.32 bits per heavy atom. The average molecular weight is 437 g/mol. The molecule has 7 heteroatoms. The number of amides is 2. The number of imide groups is 1. The van der Waals surface area contributed by atoms with Crippen LogP contribution in [0.1, 0.15) is 16.7 Å². The van der Waals surface area contributed by atoms with Crippen molar-refractivity contribution < 1.29 is 23.1 Å². The van der Waals surface area contributed by atoms with Crippen LogP contribution in [0.25, 0.3) is 6.08 Å². The van der Waals surface area contributed by atoms with Crippen LogP contribution in [0.3, 0.4) is 0 Å². The van der Waals surface area contributed by atoms with Gasteiger partial charge in [-0.05, 0) is 59.3 Å². The standard InChI is InChI=1S/C24H17F2NO3S/c25-19-9-5-17(6-10-19)14-27-23(28)22(31-24(27)29)13-16-7-11-20(12-8-16)30-15-18-3-1-2-4-21(18)26/h1-13H,14-15H2/b22-13-. The van der Waals surface area contributed by atoms with Gasteiger partial charge in [0, 0.05) is 5.56 Å². The van der Waals surface area contributed by atoms with Crippen LogP contribution in [-0.4, -0.2) is 16.0 Å². The second kappa shape index (κ2) is 9.14. The van der Waals surface area contributed by atoms with E-state index in [1.54, 1.807) is 60.7 Å². The van der Waals surface area contributed by atoms with Crippen LogP contribution in [0.15, 0.2) is 77.7 Å².